The summed E-state index contributed by atoms with van der Waals surface area (Å²) in [4.78, 5) is 54.4. The van der Waals surface area contributed by atoms with Crippen molar-refractivity contribution in [3.63, 3.8) is 0 Å². The fraction of sp³-hybridized carbons (Fsp3) is 0.867. The van der Waals surface area contributed by atoms with Gasteiger partial charge in [-0.1, -0.05) is 64.2 Å². The Bertz CT molecular complexity index is 810. The number of ketones is 1. The minimum absolute atomic E-state index is 0.0987. The van der Waals surface area contributed by atoms with Crippen LogP contribution in [-0.4, -0.2) is 60.1 Å². The van der Waals surface area contributed by atoms with Gasteiger partial charge in [-0.25, -0.2) is 0 Å². The summed E-state index contributed by atoms with van der Waals surface area (Å²) < 4.78 is 0. The Morgan fingerprint density at radius 3 is 1.89 bits per heavy atom. The maximum atomic E-state index is 13.8. The van der Waals surface area contributed by atoms with Crippen LogP contribution in [0.15, 0.2) is 0 Å². The molecule has 1 unspecified atom stereocenters. The smallest absolute Gasteiger partial charge is 0.289 e. The number of hydrogen-bond donors (Lipinski definition) is 3. The van der Waals surface area contributed by atoms with Crippen LogP contribution in [0.5, 0.6) is 0 Å². The van der Waals surface area contributed by atoms with Gasteiger partial charge in [0, 0.05) is 26.1 Å². The molecular weight excluding hydrogens is 480 g/mol. The molecule has 0 bridgehead atoms. The van der Waals surface area contributed by atoms with E-state index in [1.54, 1.807) is 4.90 Å². The van der Waals surface area contributed by atoms with Gasteiger partial charge in [0.25, 0.3) is 5.91 Å². The molecular formula is C30H50N4O4. The summed E-state index contributed by atoms with van der Waals surface area (Å²) in [6.45, 7) is 0.589. The van der Waals surface area contributed by atoms with E-state index in [1.165, 1.54) is 71.3 Å². The maximum Gasteiger partial charge on any atom is 0.289 e. The van der Waals surface area contributed by atoms with Crippen LogP contribution < -0.4 is 16.4 Å². The van der Waals surface area contributed by atoms with Crippen molar-refractivity contribution in [3.8, 4) is 0 Å². The fourth-order valence-electron chi connectivity index (χ4n) is 7.89. The Morgan fingerprint density at radius 1 is 0.763 bits per heavy atom. The van der Waals surface area contributed by atoms with Gasteiger partial charge in [0.2, 0.25) is 17.6 Å². The molecule has 4 aliphatic rings. The van der Waals surface area contributed by atoms with E-state index in [-0.39, 0.29) is 23.8 Å². The Morgan fingerprint density at radius 2 is 1.34 bits per heavy atom. The van der Waals surface area contributed by atoms with Crippen molar-refractivity contribution in [3.05, 3.63) is 0 Å². The molecule has 0 radical (unpaired) electrons. The van der Waals surface area contributed by atoms with Crippen LogP contribution in [0.4, 0.5) is 0 Å². The molecule has 4 fully saturated rings. The summed E-state index contributed by atoms with van der Waals surface area (Å²) in [5, 5.41) is 5.36. The van der Waals surface area contributed by atoms with Crippen molar-refractivity contribution in [1.82, 2.24) is 15.5 Å². The van der Waals surface area contributed by atoms with Crippen molar-refractivity contribution in [1.29, 1.82) is 0 Å². The molecule has 0 aromatic carbocycles. The largest absolute Gasteiger partial charge is 0.353 e. The first-order chi connectivity index (χ1) is 18.4. The predicted molar refractivity (Wildman–Crippen MR) is 147 cm³/mol. The number of hydrogen-bond acceptors (Lipinski definition) is 5. The zero-order valence-electron chi connectivity index (χ0n) is 23.4. The van der Waals surface area contributed by atoms with Crippen LogP contribution in [0.3, 0.4) is 0 Å². The van der Waals surface area contributed by atoms with E-state index in [0.29, 0.717) is 50.0 Å². The van der Waals surface area contributed by atoms with Crippen molar-refractivity contribution in [2.45, 2.75) is 127 Å². The molecule has 214 valence electrons. The number of carbonyl (C=O) groups excluding carboxylic acids is 4. The zero-order chi connectivity index (χ0) is 27.1. The van der Waals surface area contributed by atoms with E-state index < -0.39 is 23.8 Å². The number of rotatable bonds is 9. The number of Topliss-reactive ketones (excluding diaryl/α,β-unsaturated/α-hetero) is 1. The molecule has 0 aromatic heterocycles. The van der Waals surface area contributed by atoms with Crippen molar-refractivity contribution in [2.75, 3.05) is 13.6 Å². The van der Waals surface area contributed by atoms with Gasteiger partial charge in [0.15, 0.2) is 0 Å². The summed E-state index contributed by atoms with van der Waals surface area (Å²) in [7, 11) is 1.43. The lowest BCUT2D eigenvalue weighted by atomic mass is 9.68. The lowest BCUT2D eigenvalue weighted by molar-refractivity contribution is -0.143. The summed E-state index contributed by atoms with van der Waals surface area (Å²) in [5.74, 6) is 0.0639. The fourth-order valence-corrected chi connectivity index (χ4v) is 7.89. The Hall–Kier alpha value is -1.96. The third kappa shape index (κ3) is 7.16. The van der Waals surface area contributed by atoms with E-state index >= 15 is 0 Å². The number of carbonyl (C=O) groups is 4. The number of nitrogens with zero attached hydrogens (tertiary/aromatic N) is 1. The highest BCUT2D eigenvalue weighted by atomic mass is 16.2. The Kier molecular flexibility index (Phi) is 10.6. The number of amides is 3. The molecule has 2 atom stereocenters. The van der Waals surface area contributed by atoms with Gasteiger partial charge in [-0.2, -0.15) is 0 Å². The van der Waals surface area contributed by atoms with E-state index in [1.807, 2.05) is 0 Å². The van der Waals surface area contributed by atoms with E-state index in [2.05, 4.69) is 10.6 Å². The topological polar surface area (TPSA) is 122 Å². The maximum absolute atomic E-state index is 13.8. The lowest BCUT2D eigenvalue weighted by Gasteiger charge is -2.39. The van der Waals surface area contributed by atoms with Crippen molar-refractivity contribution < 1.29 is 19.2 Å². The molecule has 1 heterocycles. The van der Waals surface area contributed by atoms with Crippen LogP contribution in [-0.2, 0) is 19.2 Å². The van der Waals surface area contributed by atoms with Crippen molar-refractivity contribution >= 4 is 23.5 Å². The average Bonchev–Trinajstić information content (AvgIpc) is 3.46. The van der Waals surface area contributed by atoms with Crippen molar-refractivity contribution in [2.24, 2.45) is 29.4 Å². The molecule has 8 heteroatoms. The first-order valence-corrected chi connectivity index (χ1v) is 15.5. The Balaban J connectivity index is 1.44. The molecule has 0 aromatic rings. The molecule has 1 saturated heterocycles. The molecule has 1 aliphatic heterocycles. The van der Waals surface area contributed by atoms with Crippen LogP contribution in [0.1, 0.15) is 109 Å². The first kappa shape index (κ1) is 29.0. The van der Waals surface area contributed by atoms with E-state index in [4.69, 9.17) is 5.73 Å². The number of likely N-dealkylation sites (tertiary alicyclic amines) is 1. The van der Waals surface area contributed by atoms with Gasteiger partial charge in [0.05, 0.1) is 0 Å². The predicted octanol–water partition coefficient (Wildman–Crippen LogP) is 3.46. The second-order valence-electron chi connectivity index (χ2n) is 12.5. The van der Waals surface area contributed by atoms with Gasteiger partial charge in [-0.3, -0.25) is 19.2 Å². The van der Waals surface area contributed by atoms with Crippen LogP contribution in [0.25, 0.3) is 0 Å². The Labute approximate surface area is 228 Å². The standard InChI is InChI=1S/C30H50N4O4/c1-32-30(38)28(36)27(22-14-16-23(31)17-15-22)33-29(37)25-13-8-18-34(25)26(35)19-24(20-9-4-2-5-10-20)21-11-6-3-7-12-21/h20-25,27H,2-19,31H2,1H3,(H,32,38)(H,33,37)/t22?,23?,25-,27?/m0/s1. The minimum Gasteiger partial charge on any atom is -0.353 e. The highest BCUT2D eigenvalue weighted by Gasteiger charge is 2.41. The molecule has 4 N–H and O–H groups in total. The molecule has 8 nitrogen and oxygen atoms in total. The molecule has 3 aliphatic carbocycles. The normalized spacial score (nSPS) is 28.2. The summed E-state index contributed by atoms with van der Waals surface area (Å²) in [6.07, 6.45) is 17.5. The average molecular weight is 531 g/mol. The molecule has 3 amide bonds. The van der Waals surface area contributed by atoms with Crippen LogP contribution in [0, 0.1) is 23.7 Å². The quantitative estimate of drug-likeness (QED) is 0.394. The summed E-state index contributed by atoms with van der Waals surface area (Å²) in [6, 6.07) is -1.33. The van der Waals surface area contributed by atoms with Gasteiger partial charge in [-0.15, -0.1) is 0 Å². The molecule has 4 rings (SSSR count). The third-order valence-corrected chi connectivity index (χ3v) is 10.1. The highest BCUT2D eigenvalue weighted by Crippen LogP contribution is 2.42. The zero-order valence-corrected chi connectivity index (χ0v) is 23.4. The molecule has 38 heavy (non-hydrogen) atoms. The second-order valence-corrected chi connectivity index (χ2v) is 12.5. The summed E-state index contributed by atoms with van der Waals surface area (Å²) in [5.41, 5.74) is 6.06. The monoisotopic (exact) mass is 530 g/mol. The number of nitrogens with one attached hydrogen (secondary N) is 2. The van der Waals surface area contributed by atoms with Crippen LogP contribution in [0.2, 0.25) is 0 Å². The van der Waals surface area contributed by atoms with Gasteiger partial charge >= 0.3 is 0 Å². The number of nitrogens with two attached hydrogens (primary N) is 1. The highest BCUT2D eigenvalue weighted by molar-refractivity contribution is 6.38. The van der Waals surface area contributed by atoms with Crippen LogP contribution >= 0.6 is 0 Å². The summed E-state index contributed by atoms with van der Waals surface area (Å²) >= 11 is 0. The van der Waals surface area contributed by atoms with E-state index in [0.717, 1.165) is 19.3 Å². The second kappa shape index (κ2) is 13.9. The van der Waals surface area contributed by atoms with Gasteiger partial charge in [-0.05, 0) is 62.2 Å². The minimum atomic E-state index is -0.871. The number of likely N-dealkylation sites (N-methyl/N-ethyl adjacent to an activating group) is 1. The third-order valence-electron chi connectivity index (χ3n) is 10.1. The van der Waals surface area contributed by atoms with Gasteiger partial charge in [0.1, 0.15) is 12.1 Å². The van der Waals surface area contributed by atoms with Gasteiger partial charge < -0.3 is 21.3 Å². The van der Waals surface area contributed by atoms with E-state index in [9.17, 15) is 19.2 Å². The molecule has 0 spiro atoms. The first-order valence-electron chi connectivity index (χ1n) is 15.5. The lowest BCUT2D eigenvalue weighted by Crippen LogP contribution is -2.56. The molecule has 3 saturated carbocycles. The SMILES string of the molecule is CNC(=O)C(=O)C(NC(=O)[C@@H]1CCCN1C(=O)CC(C1CCCCC1)C1CCCCC1)C1CCC(N)CC1.